The molecular formula is C14H22N2O4. The molecule has 0 bridgehead atoms. The van der Waals surface area contributed by atoms with Crippen molar-refractivity contribution in [2.45, 2.75) is 52.6 Å². The lowest BCUT2D eigenvalue weighted by atomic mass is 10.1. The minimum Gasteiger partial charge on any atom is -0.478 e. The monoisotopic (exact) mass is 282 g/mol. The lowest BCUT2D eigenvalue weighted by Gasteiger charge is -2.16. The molecule has 0 aliphatic rings. The molecule has 0 aliphatic carbocycles. The number of aromatic carboxylic acids is 1. The van der Waals surface area contributed by atoms with Crippen molar-refractivity contribution < 1.29 is 19.1 Å². The van der Waals surface area contributed by atoms with Gasteiger partial charge in [0.25, 0.3) is 0 Å². The van der Waals surface area contributed by atoms with Gasteiger partial charge in [-0.25, -0.2) is 9.59 Å². The molecule has 0 saturated heterocycles. The van der Waals surface area contributed by atoms with Crippen LogP contribution >= 0.6 is 0 Å². The third-order valence-corrected chi connectivity index (χ3v) is 3.09. The molecule has 1 aromatic heterocycles. The Balaban J connectivity index is 2.48. The third-order valence-electron chi connectivity index (χ3n) is 3.09. The number of carbonyl (C=O) groups is 2. The van der Waals surface area contributed by atoms with Crippen molar-refractivity contribution in [3.8, 4) is 0 Å². The number of carboxylic acids is 1. The Morgan fingerprint density at radius 2 is 2.10 bits per heavy atom. The van der Waals surface area contributed by atoms with E-state index in [1.165, 1.54) is 6.07 Å². The first-order chi connectivity index (χ1) is 9.47. The van der Waals surface area contributed by atoms with E-state index in [1.807, 2.05) is 6.92 Å². The third kappa shape index (κ3) is 4.60. The van der Waals surface area contributed by atoms with Gasteiger partial charge >= 0.3 is 12.0 Å². The molecule has 0 radical (unpaired) electrons. The highest BCUT2D eigenvalue weighted by Crippen LogP contribution is 2.14. The van der Waals surface area contributed by atoms with E-state index >= 15 is 0 Å². The summed E-state index contributed by atoms with van der Waals surface area (Å²) in [5.74, 6) is -0.262. The molecule has 6 heteroatoms. The van der Waals surface area contributed by atoms with Gasteiger partial charge in [-0.1, -0.05) is 20.3 Å². The Kier molecular flexibility index (Phi) is 6.09. The Labute approximate surface area is 118 Å². The second-order valence-corrected chi connectivity index (χ2v) is 4.71. The van der Waals surface area contributed by atoms with Gasteiger partial charge in [0.15, 0.2) is 0 Å². The second kappa shape index (κ2) is 7.57. The summed E-state index contributed by atoms with van der Waals surface area (Å²) < 4.78 is 5.28. The molecule has 1 unspecified atom stereocenters. The molecule has 3 N–H and O–H groups in total. The van der Waals surface area contributed by atoms with Crippen LogP contribution in [0.3, 0.4) is 0 Å². The van der Waals surface area contributed by atoms with Crippen molar-refractivity contribution >= 4 is 12.0 Å². The van der Waals surface area contributed by atoms with E-state index in [0.717, 1.165) is 19.3 Å². The number of furan rings is 1. The molecule has 0 aliphatic heterocycles. The van der Waals surface area contributed by atoms with Crippen LogP contribution in [0.5, 0.6) is 0 Å². The van der Waals surface area contributed by atoms with E-state index in [-0.39, 0.29) is 24.2 Å². The summed E-state index contributed by atoms with van der Waals surface area (Å²) >= 11 is 0. The van der Waals surface area contributed by atoms with E-state index in [2.05, 4.69) is 17.6 Å². The lowest BCUT2D eigenvalue weighted by molar-refractivity contribution is 0.0695. The Hall–Kier alpha value is -1.98. The molecule has 6 nitrogen and oxygen atoms in total. The van der Waals surface area contributed by atoms with Crippen LogP contribution < -0.4 is 10.6 Å². The van der Waals surface area contributed by atoms with Gasteiger partial charge in [0.2, 0.25) is 0 Å². The molecule has 112 valence electrons. The fraction of sp³-hybridized carbons (Fsp3) is 0.571. The van der Waals surface area contributed by atoms with Crippen LogP contribution in [0.4, 0.5) is 4.79 Å². The second-order valence-electron chi connectivity index (χ2n) is 4.71. The van der Waals surface area contributed by atoms with Crippen molar-refractivity contribution in [1.82, 2.24) is 10.6 Å². The highest BCUT2D eigenvalue weighted by molar-refractivity contribution is 5.88. The van der Waals surface area contributed by atoms with Crippen LogP contribution in [0, 0.1) is 6.92 Å². The molecule has 1 heterocycles. The van der Waals surface area contributed by atoms with E-state index in [9.17, 15) is 9.59 Å². The van der Waals surface area contributed by atoms with Crippen LogP contribution in [0.25, 0.3) is 0 Å². The quantitative estimate of drug-likeness (QED) is 0.717. The summed E-state index contributed by atoms with van der Waals surface area (Å²) in [6.07, 6.45) is 2.83. The summed E-state index contributed by atoms with van der Waals surface area (Å²) in [4.78, 5) is 22.6. The minimum absolute atomic E-state index is 0.125. The topological polar surface area (TPSA) is 91.6 Å². The SMILES string of the molecule is CCCC(CC)NC(=O)NCc1cc(C(=O)O)c(C)o1. The highest BCUT2D eigenvalue weighted by Gasteiger charge is 2.14. The van der Waals surface area contributed by atoms with E-state index in [0.29, 0.717) is 11.5 Å². The van der Waals surface area contributed by atoms with Crippen LogP contribution in [-0.4, -0.2) is 23.1 Å². The molecule has 1 rings (SSSR count). The van der Waals surface area contributed by atoms with Gasteiger partial charge in [0, 0.05) is 6.04 Å². The Morgan fingerprint density at radius 3 is 2.60 bits per heavy atom. The van der Waals surface area contributed by atoms with E-state index < -0.39 is 5.97 Å². The number of carbonyl (C=O) groups excluding carboxylic acids is 1. The molecule has 0 saturated carbocycles. The molecular weight excluding hydrogens is 260 g/mol. The maximum Gasteiger partial charge on any atom is 0.339 e. The number of hydrogen-bond acceptors (Lipinski definition) is 3. The number of rotatable bonds is 7. The standard InChI is InChI=1S/C14H22N2O4/c1-4-6-10(5-2)16-14(19)15-8-11-7-12(13(17)18)9(3)20-11/h7,10H,4-6,8H2,1-3H3,(H,17,18)(H2,15,16,19). The van der Waals surface area contributed by atoms with Crippen LogP contribution in [0.15, 0.2) is 10.5 Å². The zero-order valence-corrected chi connectivity index (χ0v) is 12.2. The van der Waals surface area contributed by atoms with Gasteiger partial charge in [-0.3, -0.25) is 0 Å². The minimum atomic E-state index is -1.03. The number of hydrogen-bond donors (Lipinski definition) is 3. The number of carboxylic acid groups (broad SMARTS) is 1. The zero-order valence-electron chi connectivity index (χ0n) is 12.2. The first-order valence-electron chi connectivity index (χ1n) is 6.84. The summed E-state index contributed by atoms with van der Waals surface area (Å²) in [6, 6.07) is 1.32. The Morgan fingerprint density at radius 1 is 1.40 bits per heavy atom. The fourth-order valence-corrected chi connectivity index (χ4v) is 1.97. The Bertz CT molecular complexity index is 468. The number of aryl methyl sites for hydroxylation is 1. The van der Waals surface area contributed by atoms with Crippen molar-refractivity contribution in [1.29, 1.82) is 0 Å². The lowest BCUT2D eigenvalue weighted by Crippen LogP contribution is -2.41. The maximum absolute atomic E-state index is 11.7. The van der Waals surface area contributed by atoms with Gasteiger partial charge in [-0.2, -0.15) is 0 Å². The average molecular weight is 282 g/mol. The smallest absolute Gasteiger partial charge is 0.339 e. The van der Waals surface area contributed by atoms with Gasteiger partial charge in [-0.05, 0) is 25.8 Å². The van der Waals surface area contributed by atoms with Gasteiger partial charge in [0.05, 0.1) is 6.54 Å². The first-order valence-corrected chi connectivity index (χ1v) is 6.84. The van der Waals surface area contributed by atoms with Gasteiger partial charge < -0.3 is 20.2 Å². The molecule has 1 atom stereocenters. The fourth-order valence-electron chi connectivity index (χ4n) is 1.97. The van der Waals surface area contributed by atoms with E-state index in [4.69, 9.17) is 9.52 Å². The van der Waals surface area contributed by atoms with Crippen molar-refractivity contribution in [2.24, 2.45) is 0 Å². The zero-order chi connectivity index (χ0) is 15.1. The molecule has 2 amide bonds. The van der Waals surface area contributed by atoms with Crippen molar-refractivity contribution in [3.63, 3.8) is 0 Å². The van der Waals surface area contributed by atoms with Gasteiger partial charge in [-0.15, -0.1) is 0 Å². The summed E-state index contributed by atoms with van der Waals surface area (Å²) in [7, 11) is 0. The van der Waals surface area contributed by atoms with Gasteiger partial charge in [0.1, 0.15) is 17.1 Å². The number of nitrogens with one attached hydrogen (secondary N) is 2. The first kappa shape index (κ1) is 16.1. The van der Waals surface area contributed by atoms with Crippen molar-refractivity contribution in [2.75, 3.05) is 0 Å². The average Bonchev–Trinajstić information content (AvgIpc) is 2.77. The molecule has 0 spiro atoms. The van der Waals surface area contributed by atoms with Crippen molar-refractivity contribution in [3.05, 3.63) is 23.2 Å². The summed E-state index contributed by atoms with van der Waals surface area (Å²) in [5, 5.41) is 14.4. The summed E-state index contributed by atoms with van der Waals surface area (Å²) in [5.41, 5.74) is 0.125. The molecule has 1 aromatic rings. The normalized spacial score (nSPS) is 11.9. The van der Waals surface area contributed by atoms with Crippen LogP contribution in [0.2, 0.25) is 0 Å². The maximum atomic E-state index is 11.7. The highest BCUT2D eigenvalue weighted by atomic mass is 16.4. The van der Waals surface area contributed by atoms with Crippen LogP contribution in [0.1, 0.15) is 55.0 Å². The molecule has 0 aromatic carbocycles. The molecule has 0 fully saturated rings. The predicted octanol–water partition coefficient (Wildman–Crippen LogP) is 2.66. The largest absolute Gasteiger partial charge is 0.478 e. The number of urea groups is 1. The predicted molar refractivity (Wildman–Crippen MR) is 74.8 cm³/mol. The summed E-state index contributed by atoms with van der Waals surface area (Å²) in [6.45, 7) is 5.85. The van der Waals surface area contributed by atoms with E-state index in [1.54, 1.807) is 6.92 Å². The van der Waals surface area contributed by atoms with Crippen LogP contribution in [-0.2, 0) is 6.54 Å². The number of amides is 2. The molecule has 20 heavy (non-hydrogen) atoms.